The standard InChI is InChI=1S/C14H16N2O3/c17-13(16-15-10-6-2-1-3-7-10)11-8-4-5-9-12(11)14(18)19/h1-7,11-12,15H,8-9H2,(H,16,17)(H,18,19). The number of nitrogens with one attached hydrogen (secondary N) is 2. The average Bonchev–Trinajstić information content (AvgIpc) is 2.46. The maximum atomic E-state index is 12.0. The third-order valence-electron chi connectivity index (χ3n) is 3.19. The fraction of sp³-hybridized carbons (Fsp3) is 0.286. The van der Waals surface area contributed by atoms with E-state index in [0.29, 0.717) is 12.8 Å². The van der Waals surface area contributed by atoms with Crippen LogP contribution in [0.3, 0.4) is 0 Å². The zero-order valence-corrected chi connectivity index (χ0v) is 10.4. The molecule has 0 bridgehead atoms. The van der Waals surface area contributed by atoms with Gasteiger partial charge in [0.05, 0.1) is 17.5 Å². The minimum absolute atomic E-state index is 0.291. The van der Waals surface area contributed by atoms with Crippen molar-refractivity contribution in [2.75, 3.05) is 5.43 Å². The van der Waals surface area contributed by atoms with Gasteiger partial charge in [-0.2, -0.15) is 0 Å². The summed E-state index contributed by atoms with van der Waals surface area (Å²) in [5, 5.41) is 9.11. The predicted octanol–water partition coefficient (Wildman–Crippen LogP) is 1.80. The molecule has 1 aromatic rings. The molecule has 0 saturated heterocycles. The van der Waals surface area contributed by atoms with Crippen molar-refractivity contribution in [1.82, 2.24) is 5.43 Å². The van der Waals surface area contributed by atoms with Gasteiger partial charge in [0.15, 0.2) is 0 Å². The lowest BCUT2D eigenvalue weighted by atomic mass is 9.82. The van der Waals surface area contributed by atoms with E-state index in [9.17, 15) is 9.59 Å². The number of carbonyl (C=O) groups is 2. The summed E-state index contributed by atoms with van der Waals surface area (Å²) in [5.74, 6) is -2.40. The summed E-state index contributed by atoms with van der Waals surface area (Å²) >= 11 is 0. The Morgan fingerprint density at radius 3 is 2.32 bits per heavy atom. The van der Waals surface area contributed by atoms with Crippen molar-refractivity contribution in [3.63, 3.8) is 0 Å². The molecule has 1 amide bonds. The van der Waals surface area contributed by atoms with Crippen LogP contribution < -0.4 is 10.9 Å². The summed E-state index contributed by atoms with van der Waals surface area (Å²) < 4.78 is 0. The van der Waals surface area contributed by atoms with Crippen LogP contribution in [0, 0.1) is 11.8 Å². The molecule has 0 saturated carbocycles. The SMILES string of the molecule is O=C(O)C1CC=CCC1C(=O)NNc1ccccc1. The van der Waals surface area contributed by atoms with Gasteiger partial charge in [0.25, 0.3) is 0 Å². The number of anilines is 1. The number of hydrazine groups is 1. The van der Waals surface area contributed by atoms with E-state index in [0.717, 1.165) is 5.69 Å². The number of amides is 1. The van der Waals surface area contributed by atoms with E-state index < -0.39 is 17.8 Å². The van der Waals surface area contributed by atoms with Gasteiger partial charge in [0.1, 0.15) is 0 Å². The van der Waals surface area contributed by atoms with Gasteiger partial charge in [-0.25, -0.2) is 0 Å². The minimum Gasteiger partial charge on any atom is -0.481 e. The Bertz CT molecular complexity index is 485. The van der Waals surface area contributed by atoms with Crippen LogP contribution in [0.1, 0.15) is 12.8 Å². The second-order valence-corrected chi connectivity index (χ2v) is 4.47. The monoisotopic (exact) mass is 260 g/mol. The summed E-state index contributed by atoms with van der Waals surface area (Å²) in [6, 6.07) is 9.20. The minimum atomic E-state index is -0.927. The molecule has 2 rings (SSSR count). The number of aliphatic carboxylic acids is 1. The molecule has 2 unspecified atom stereocenters. The molecule has 1 aliphatic carbocycles. The third kappa shape index (κ3) is 3.34. The summed E-state index contributed by atoms with van der Waals surface area (Å²) in [7, 11) is 0. The van der Waals surface area contributed by atoms with Crippen LogP contribution in [-0.4, -0.2) is 17.0 Å². The lowest BCUT2D eigenvalue weighted by molar-refractivity contribution is -0.147. The van der Waals surface area contributed by atoms with Crippen LogP contribution >= 0.6 is 0 Å². The Morgan fingerprint density at radius 1 is 1.05 bits per heavy atom. The number of para-hydroxylation sites is 1. The number of hydrogen-bond donors (Lipinski definition) is 3. The van der Waals surface area contributed by atoms with Crippen molar-refractivity contribution in [3.05, 3.63) is 42.5 Å². The van der Waals surface area contributed by atoms with Crippen LogP contribution in [0.15, 0.2) is 42.5 Å². The molecule has 1 aliphatic rings. The van der Waals surface area contributed by atoms with Crippen molar-refractivity contribution >= 4 is 17.6 Å². The largest absolute Gasteiger partial charge is 0.481 e. The number of rotatable bonds is 4. The molecule has 3 N–H and O–H groups in total. The molecule has 0 radical (unpaired) electrons. The smallest absolute Gasteiger partial charge is 0.307 e. The Kier molecular flexibility index (Phi) is 4.18. The topological polar surface area (TPSA) is 78.4 Å². The number of carboxylic acid groups (broad SMARTS) is 1. The second kappa shape index (κ2) is 6.04. The number of benzene rings is 1. The van der Waals surface area contributed by atoms with Gasteiger partial charge in [-0.3, -0.25) is 20.4 Å². The van der Waals surface area contributed by atoms with Crippen LogP contribution in [0.4, 0.5) is 5.69 Å². The van der Waals surface area contributed by atoms with E-state index in [4.69, 9.17) is 5.11 Å². The third-order valence-corrected chi connectivity index (χ3v) is 3.19. The molecule has 100 valence electrons. The van der Waals surface area contributed by atoms with E-state index in [2.05, 4.69) is 10.9 Å². The number of hydrogen-bond acceptors (Lipinski definition) is 3. The van der Waals surface area contributed by atoms with Crippen molar-refractivity contribution in [3.8, 4) is 0 Å². The quantitative estimate of drug-likeness (QED) is 0.569. The molecule has 5 heteroatoms. The van der Waals surface area contributed by atoms with Crippen LogP contribution in [0.2, 0.25) is 0 Å². The highest BCUT2D eigenvalue weighted by molar-refractivity contribution is 5.86. The second-order valence-electron chi connectivity index (χ2n) is 4.47. The van der Waals surface area contributed by atoms with Gasteiger partial charge in [0, 0.05) is 0 Å². The van der Waals surface area contributed by atoms with E-state index in [-0.39, 0.29) is 5.91 Å². The molecular formula is C14H16N2O3. The van der Waals surface area contributed by atoms with Crippen molar-refractivity contribution in [2.24, 2.45) is 11.8 Å². The van der Waals surface area contributed by atoms with Crippen LogP contribution in [0.25, 0.3) is 0 Å². The lowest BCUT2D eigenvalue weighted by Gasteiger charge is -2.24. The van der Waals surface area contributed by atoms with Gasteiger partial charge in [-0.05, 0) is 25.0 Å². The fourth-order valence-corrected chi connectivity index (χ4v) is 2.12. The summed E-state index contributed by atoms with van der Waals surface area (Å²) in [6.07, 6.45) is 4.53. The number of carbonyl (C=O) groups excluding carboxylic acids is 1. The zero-order valence-electron chi connectivity index (χ0n) is 10.4. The van der Waals surface area contributed by atoms with E-state index in [1.807, 2.05) is 42.5 Å². The number of carboxylic acids is 1. The number of allylic oxidation sites excluding steroid dienone is 2. The van der Waals surface area contributed by atoms with Crippen molar-refractivity contribution in [2.45, 2.75) is 12.8 Å². The highest BCUT2D eigenvalue weighted by Gasteiger charge is 2.33. The summed E-state index contributed by atoms with van der Waals surface area (Å²) in [5.41, 5.74) is 6.11. The first-order chi connectivity index (χ1) is 9.18. The van der Waals surface area contributed by atoms with Gasteiger partial charge >= 0.3 is 5.97 Å². The molecule has 2 atom stereocenters. The zero-order chi connectivity index (χ0) is 13.7. The normalized spacial score (nSPS) is 21.7. The maximum Gasteiger partial charge on any atom is 0.307 e. The van der Waals surface area contributed by atoms with E-state index in [1.165, 1.54) is 0 Å². The molecule has 0 fully saturated rings. The van der Waals surface area contributed by atoms with E-state index in [1.54, 1.807) is 0 Å². The molecule has 0 aliphatic heterocycles. The Balaban J connectivity index is 1.95. The molecule has 0 spiro atoms. The molecule has 5 nitrogen and oxygen atoms in total. The Hall–Kier alpha value is -2.30. The van der Waals surface area contributed by atoms with Gasteiger partial charge in [-0.15, -0.1) is 0 Å². The highest BCUT2D eigenvalue weighted by atomic mass is 16.4. The van der Waals surface area contributed by atoms with Crippen LogP contribution in [-0.2, 0) is 9.59 Å². The molecule has 19 heavy (non-hydrogen) atoms. The van der Waals surface area contributed by atoms with Gasteiger partial charge < -0.3 is 5.11 Å². The molecule has 1 aromatic carbocycles. The highest BCUT2D eigenvalue weighted by Crippen LogP contribution is 2.25. The van der Waals surface area contributed by atoms with Gasteiger partial charge in [0.2, 0.25) is 5.91 Å². The predicted molar refractivity (Wildman–Crippen MR) is 71.2 cm³/mol. The Morgan fingerprint density at radius 2 is 1.68 bits per heavy atom. The first kappa shape index (κ1) is 13.1. The maximum absolute atomic E-state index is 12.0. The molecule has 0 aromatic heterocycles. The first-order valence-corrected chi connectivity index (χ1v) is 6.17. The van der Waals surface area contributed by atoms with Crippen LogP contribution in [0.5, 0.6) is 0 Å². The fourth-order valence-electron chi connectivity index (χ4n) is 2.12. The lowest BCUT2D eigenvalue weighted by Crippen LogP contribution is -2.41. The first-order valence-electron chi connectivity index (χ1n) is 6.17. The average molecular weight is 260 g/mol. The van der Waals surface area contributed by atoms with Gasteiger partial charge in [-0.1, -0.05) is 30.4 Å². The van der Waals surface area contributed by atoms with Crippen molar-refractivity contribution < 1.29 is 14.7 Å². The van der Waals surface area contributed by atoms with E-state index >= 15 is 0 Å². The Labute approximate surface area is 111 Å². The summed E-state index contributed by atoms with van der Waals surface area (Å²) in [4.78, 5) is 23.1. The molecule has 0 heterocycles. The molecular weight excluding hydrogens is 244 g/mol. The van der Waals surface area contributed by atoms with Crippen molar-refractivity contribution in [1.29, 1.82) is 0 Å². The summed E-state index contributed by atoms with van der Waals surface area (Å²) in [6.45, 7) is 0.